The summed E-state index contributed by atoms with van der Waals surface area (Å²) in [6.45, 7) is 5.90. The van der Waals surface area contributed by atoms with Gasteiger partial charge in [-0.15, -0.1) is 0 Å². The first-order valence-corrected chi connectivity index (χ1v) is 3.74. The van der Waals surface area contributed by atoms with E-state index in [4.69, 9.17) is 4.74 Å². The standard InChI is InChI=1S/C5H9NO2.C2H6/c7-5-1-3-8-4-2-6-5;1-2/h1-4H2,(H,6,7);1-2H3. The Morgan fingerprint density at radius 2 is 2.10 bits per heavy atom. The lowest BCUT2D eigenvalue weighted by Crippen LogP contribution is -2.23. The predicted octanol–water partition coefficient (Wildman–Crippen LogP) is 0.549. The molecule has 1 fully saturated rings. The van der Waals surface area contributed by atoms with Crippen LogP contribution in [0.15, 0.2) is 0 Å². The molecule has 0 radical (unpaired) electrons. The molecule has 0 atom stereocenters. The van der Waals surface area contributed by atoms with E-state index in [0.29, 0.717) is 26.2 Å². The number of nitrogens with one attached hydrogen (secondary N) is 1. The van der Waals surface area contributed by atoms with Crippen molar-refractivity contribution in [2.45, 2.75) is 20.3 Å². The van der Waals surface area contributed by atoms with E-state index < -0.39 is 0 Å². The smallest absolute Gasteiger partial charge is 0.222 e. The second kappa shape index (κ2) is 6.55. The molecular formula is C7H15NO2. The van der Waals surface area contributed by atoms with E-state index in [2.05, 4.69) is 5.32 Å². The maximum absolute atomic E-state index is 10.5. The monoisotopic (exact) mass is 145 g/mol. The Kier molecular flexibility index (Phi) is 6.18. The fraction of sp³-hybridized carbons (Fsp3) is 0.857. The van der Waals surface area contributed by atoms with Crippen molar-refractivity contribution in [2.75, 3.05) is 19.8 Å². The van der Waals surface area contributed by atoms with Gasteiger partial charge in [0.25, 0.3) is 0 Å². The Morgan fingerprint density at radius 3 is 2.80 bits per heavy atom. The Balaban J connectivity index is 0.000000371. The Bertz CT molecular complexity index is 83.6. The molecule has 1 heterocycles. The van der Waals surface area contributed by atoms with Crippen LogP contribution in [0.5, 0.6) is 0 Å². The second-order valence-electron chi connectivity index (χ2n) is 1.71. The molecule has 1 aliphatic rings. The van der Waals surface area contributed by atoms with Gasteiger partial charge < -0.3 is 10.1 Å². The van der Waals surface area contributed by atoms with Gasteiger partial charge >= 0.3 is 0 Å². The fourth-order valence-corrected chi connectivity index (χ4v) is 0.618. The van der Waals surface area contributed by atoms with Crippen molar-refractivity contribution in [3.63, 3.8) is 0 Å². The molecule has 1 rings (SSSR count). The van der Waals surface area contributed by atoms with Crippen molar-refractivity contribution in [3.8, 4) is 0 Å². The highest BCUT2D eigenvalue weighted by atomic mass is 16.5. The molecule has 1 saturated heterocycles. The van der Waals surface area contributed by atoms with E-state index in [1.807, 2.05) is 13.8 Å². The van der Waals surface area contributed by atoms with Gasteiger partial charge in [-0.25, -0.2) is 0 Å². The first-order valence-electron chi connectivity index (χ1n) is 3.74. The van der Waals surface area contributed by atoms with E-state index in [1.165, 1.54) is 0 Å². The first kappa shape index (κ1) is 9.43. The van der Waals surface area contributed by atoms with E-state index >= 15 is 0 Å². The van der Waals surface area contributed by atoms with E-state index in [9.17, 15) is 4.79 Å². The summed E-state index contributed by atoms with van der Waals surface area (Å²) in [5.74, 6) is 0.0995. The molecule has 0 unspecified atom stereocenters. The Morgan fingerprint density at radius 1 is 1.40 bits per heavy atom. The van der Waals surface area contributed by atoms with Crippen LogP contribution in [0.1, 0.15) is 20.3 Å². The molecule has 3 heteroatoms. The molecule has 0 bridgehead atoms. The van der Waals surface area contributed by atoms with Gasteiger partial charge in [-0.1, -0.05) is 13.8 Å². The fourth-order valence-electron chi connectivity index (χ4n) is 0.618. The predicted molar refractivity (Wildman–Crippen MR) is 39.8 cm³/mol. The summed E-state index contributed by atoms with van der Waals surface area (Å²) in [6, 6.07) is 0. The molecule has 0 spiro atoms. The van der Waals surface area contributed by atoms with Crippen molar-refractivity contribution in [3.05, 3.63) is 0 Å². The summed E-state index contributed by atoms with van der Waals surface area (Å²) in [5, 5.41) is 2.68. The highest BCUT2D eigenvalue weighted by Crippen LogP contribution is 1.86. The molecule has 10 heavy (non-hydrogen) atoms. The second-order valence-corrected chi connectivity index (χ2v) is 1.71. The van der Waals surface area contributed by atoms with Crippen molar-refractivity contribution >= 4 is 5.91 Å². The van der Waals surface area contributed by atoms with Crippen LogP contribution in [0.3, 0.4) is 0 Å². The quantitative estimate of drug-likeness (QED) is 0.540. The molecule has 1 N–H and O–H groups in total. The molecule has 3 nitrogen and oxygen atoms in total. The number of amides is 1. The third-order valence-corrected chi connectivity index (χ3v) is 1.04. The zero-order valence-electron chi connectivity index (χ0n) is 6.64. The van der Waals surface area contributed by atoms with Gasteiger partial charge in [0.1, 0.15) is 0 Å². The van der Waals surface area contributed by atoms with Gasteiger partial charge in [-0.3, -0.25) is 4.79 Å². The number of carbonyl (C=O) groups is 1. The zero-order valence-corrected chi connectivity index (χ0v) is 6.64. The molecule has 0 aromatic heterocycles. The van der Waals surface area contributed by atoms with Gasteiger partial charge in [-0.05, 0) is 0 Å². The normalized spacial score (nSPS) is 18.0. The molecule has 1 amide bonds. The van der Waals surface area contributed by atoms with E-state index in [0.717, 1.165) is 0 Å². The third kappa shape index (κ3) is 4.32. The molecule has 0 aromatic carbocycles. The van der Waals surface area contributed by atoms with Crippen LogP contribution in [0, 0.1) is 0 Å². The lowest BCUT2D eigenvalue weighted by atomic mass is 10.4. The summed E-state index contributed by atoms with van der Waals surface area (Å²) in [5.41, 5.74) is 0. The van der Waals surface area contributed by atoms with Crippen molar-refractivity contribution in [1.82, 2.24) is 5.32 Å². The average molecular weight is 145 g/mol. The minimum atomic E-state index is 0.0995. The van der Waals surface area contributed by atoms with Crippen LogP contribution in [0.25, 0.3) is 0 Å². The first-order chi connectivity index (χ1) is 4.89. The molecule has 0 aliphatic carbocycles. The highest BCUT2D eigenvalue weighted by Gasteiger charge is 2.03. The Hall–Kier alpha value is -0.570. The molecule has 0 saturated carbocycles. The SMILES string of the molecule is CC.O=C1CCOCCN1. The summed E-state index contributed by atoms with van der Waals surface area (Å²) in [4.78, 5) is 10.5. The van der Waals surface area contributed by atoms with Crippen molar-refractivity contribution in [2.24, 2.45) is 0 Å². The van der Waals surface area contributed by atoms with Crippen molar-refractivity contribution < 1.29 is 9.53 Å². The summed E-state index contributed by atoms with van der Waals surface area (Å²) in [7, 11) is 0. The third-order valence-electron chi connectivity index (χ3n) is 1.04. The lowest BCUT2D eigenvalue weighted by Gasteiger charge is -1.92. The van der Waals surface area contributed by atoms with Crippen LogP contribution < -0.4 is 5.32 Å². The van der Waals surface area contributed by atoms with Gasteiger partial charge in [0, 0.05) is 13.0 Å². The van der Waals surface area contributed by atoms with Gasteiger partial charge in [0.15, 0.2) is 0 Å². The van der Waals surface area contributed by atoms with Gasteiger partial charge in [0.05, 0.1) is 13.2 Å². The zero-order chi connectivity index (χ0) is 7.82. The molecule has 60 valence electrons. The summed E-state index contributed by atoms with van der Waals surface area (Å²) >= 11 is 0. The maximum atomic E-state index is 10.5. The summed E-state index contributed by atoms with van der Waals surface area (Å²) < 4.78 is 4.98. The van der Waals surface area contributed by atoms with E-state index in [-0.39, 0.29) is 5.91 Å². The summed E-state index contributed by atoms with van der Waals surface area (Å²) in [6.07, 6.45) is 0.514. The molecular weight excluding hydrogens is 130 g/mol. The average Bonchev–Trinajstić information content (AvgIpc) is 2.21. The number of hydrogen-bond acceptors (Lipinski definition) is 2. The number of carbonyl (C=O) groups excluding carboxylic acids is 1. The molecule has 1 aliphatic heterocycles. The maximum Gasteiger partial charge on any atom is 0.222 e. The molecule has 0 aromatic rings. The van der Waals surface area contributed by atoms with Crippen molar-refractivity contribution in [1.29, 1.82) is 0 Å². The minimum Gasteiger partial charge on any atom is -0.379 e. The van der Waals surface area contributed by atoms with E-state index in [1.54, 1.807) is 0 Å². The van der Waals surface area contributed by atoms with Gasteiger partial charge in [-0.2, -0.15) is 0 Å². The van der Waals surface area contributed by atoms with Crippen LogP contribution in [0.2, 0.25) is 0 Å². The van der Waals surface area contributed by atoms with Crippen LogP contribution in [0.4, 0.5) is 0 Å². The van der Waals surface area contributed by atoms with Crippen LogP contribution in [-0.2, 0) is 9.53 Å². The highest BCUT2D eigenvalue weighted by molar-refractivity contribution is 5.76. The lowest BCUT2D eigenvalue weighted by molar-refractivity contribution is -0.120. The van der Waals surface area contributed by atoms with Crippen LogP contribution in [-0.4, -0.2) is 25.7 Å². The largest absolute Gasteiger partial charge is 0.379 e. The van der Waals surface area contributed by atoms with Gasteiger partial charge in [0.2, 0.25) is 5.91 Å². The number of rotatable bonds is 0. The van der Waals surface area contributed by atoms with Crippen LogP contribution >= 0.6 is 0 Å². The number of hydrogen-bond donors (Lipinski definition) is 1. The number of ether oxygens (including phenoxy) is 1. The Labute approximate surface area is 61.8 Å². The minimum absolute atomic E-state index is 0.0995. The topological polar surface area (TPSA) is 38.3 Å².